The van der Waals surface area contributed by atoms with Gasteiger partial charge in [-0.25, -0.2) is 0 Å². The second-order valence-corrected chi connectivity index (χ2v) is 4.01. The lowest BCUT2D eigenvalue weighted by atomic mass is 10.1. The van der Waals surface area contributed by atoms with Gasteiger partial charge < -0.3 is 9.84 Å². The lowest BCUT2D eigenvalue weighted by Gasteiger charge is -2.35. The standard InChI is InChI=1S/C12H17NO2/c1-15-12-4-2-10(3-5-12)6-7-13-8-11(14)9-13/h2-5,11,14H,6-9H2,1H3. The Morgan fingerprint density at radius 2 is 2.00 bits per heavy atom. The molecule has 1 aliphatic heterocycles. The van der Waals surface area contributed by atoms with Crippen LogP contribution < -0.4 is 4.74 Å². The van der Waals surface area contributed by atoms with Crippen molar-refractivity contribution in [2.45, 2.75) is 12.5 Å². The maximum Gasteiger partial charge on any atom is 0.118 e. The van der Waals surface area contributed by atoms with E-state index in [4.69, 9.17) is 9.84 Å². The summed E-state index contributed by atoms with van der Waals surface area (Å²) in [5, 5.41) is 9.13. The molecule has 82 valence electrons. The third-order valence-electron chi connectivity index (χ3n) is 2.81. The fourth-order valence-corrected chi connectivity index (χ4v) is 1.80. The van der Waals surface area contributed by atoms with E-state index in [0.29, 0.717) is 0 Å². The van der Waals surface area contributed by atoms with Gasteiger partial charge in [-0.05, 0) is 24.1 Å². The average Bonchev–Trinajstić information content (AvgIpc) is 2.23. The van der Waals surface area contributed by atoms with Crippen molar-refractivity contribution in [3.05, 3.63) is 29.8 Å². The fraction of sp³-hybridized carbons (Fsp3) is 0.500. The number of nitrogens with zero attached hydrogens (tertiary/aromatic N) is 1. The van der Waals surface area contributed by atoms with E-state index in [1.807, 2.05) is 12.1 Å². The number of likely N-dealkylation sites (tertiary alicyclic amines) is 1. The summed E-state index contributed by atoms with van der Waals surface area (Å²) in [6.45, 7) is 2.69. The molecular weight excluding hydrogens is 190 g/mol. The summed E-state index contributed by atoms with van der Waals surface area (Å²) in [7, 11) is 1.68. The van der Waals surface area contributed by atoms with Crippen molar-refractivity contribution < 1.29 is 9.84 Å². The molecule has 0 aromatic heterocycles. The molecule has 1 aromatic rings. The minimum atomic E-state index is -0.0964. The van der Waals surface area contributed by atoms with Crippen LogP contribution in [0, 0.1) is 0 Å². The van der Waals surface area contributed by atoms with Crippen molar-refractivity contribution in [2.24, 2.45) is 0 Å². The third kappa shape index (κ3) is 2.70. The Labute approximate surface area is 90.3 Å². The zero-order valence-corrected chi connectivity index (χ0v) is 9.02. The highest BCUT2D eigenvalue weighted by Crippen LogP contribution is 2.13. The van der Waals surface area contributed by atoms with Gasteiger partial charge in [0.25, 0.3) is 0 Å². The minimum absolute atomic E-state index is 0.0964. The topological polar surface area (TPSA) is 32.7 Å². The van der Waals surface area contributed by atoms with Gasteiger partial charge in [-0.2, -0.15) is 0 Å². The van der Waals surface area contributed by atoms with Gasteiger partial charge in [0.2, 0.25) is 0 Å². The van der Waals surface area contributed by atoms with Crippen molar-refractivity contribution >= 4 is 0 Å². The molecule has 0 spiro atoms. The van der Waals surface area contributed by atoms with Gasteiger partial charge >= 0.3 is 0 Å². The van der Waals surface area contributed by atoms with E-state index in [1.54, 1.807) is 7.11 Å². The summed E-state index contributed by atoms with van der Waals surface area (Å²) < 4.78 is 5.10. The number of β-amino-alcohol motifs (C(OH)–C–C–N with tert-alkyl or cyclic N) is 1. The molecule has 1 saturated heterocycles. The number of rotatable bonds is 4. The van der Waals surface area contributed by atoms with Crippen LogP contribution in [0.5, 0.6) is 5.75 Å². The number of methoxy groups -OCH3 is 1. The van der Waals surface area contributed by atoms with E-state index in [9.17, 15) is 0 Å². The van der Waals surface area contributed by atoms with Crippen molar-refractivity contribution in [3.8, 4) is 5.75 Å². The summed E-state index contributed by atoms with van der Waals surface area (Å²) in [5.74, 6) is 0.901. The molecule has 2 rings (SSSR count). The Morgan fingerprint density at radius 1 is 1.33 bits per heavy atom. The van der Waals surface area contributed by atoms with Gasteiger partial charge in [-0.15, -0.1) is 0 Å². The molecule has 0 unspecified atom stereocenters. The Balaban J connectivity index is 1.78. The molecule has 0 amide bonds. The van der Waals surface area contributed by atoms with Crippen LogP contribution in [0.3, 0.4) is 0 Å². The first-order chi connectivity index (χ1) is 7.28. The van der Waals surface area contributed by atoms with Crippen LogP contribution in [0.25, 0.3) is 0 Å². The maximum atomic E-state index is 9.13. The first kappa shape index (κ1) is 10.5. The number of benzene rings is 1. The van der Waals surface area contributed by atoms with Gasteiger partial charge in [-0.1, -0.05) is 12.1 Å². The summed E-state index contributed by atoms with van der Waals surface area (Å²) in [4.78, 5) is 2.26. The molecule has 1 aromatic carbocycles. The number of hydrogen-bond donors (Lipinski definition) is 1. The highest BCUT2D eigenvalue weighted by Gasteiger charge is 2.23. The molecule has 1 heterocycles. The van der Waals surface area contributed by atoms with E-state index >= 15 is 0 Å². The molecule has 1 aliphatic rings. The second kappa shape index (κ2) is 4.64. The molecule has 0 aliphatic carbocycles. The van der Waals surface area contributed by atoms with E-state index in [1.165, 1.54) is 5.56 Å². The zero-order valence-electron chi connectivity index (χ0n) is 9.02. The number of aliphatic hydroxyl groups is 1. The monoisotopic (exact) mass is 207 g/mol. The highest BCUT2D eigenvalue weighted by molar-refractivity contribution is 5.27. The minimum Gasteiger partial charge on any atom is -0.497 e. The van der Waals surface area contributed by atoms with E-state index in [0.717, 1.165) is 31.8 Å². The predicted molar refractivity (Wildman–Crippen MR) is 59.1 cm³/mol. The third-order valence-corrected chi connectivity index (χ3v) is 2.81. The van der Waals surface area contributed by atoms with Crippen LogP contribution in [0.4, 0.5) is 0 Å². The van der Waals surface area contributed by atoms with Crippen LogP contribution in [-0.4, -0.2) is 42.9 Å². The van der Waals surface area contributed by atoms with Crippen molar-refractivity contribution in [2.75, 3.05) is 26.7 Å². The molecule has 1 fully saturated rings. The number of ether oxygens (including phenoxy) is 1. The van der Waals surface area contributed by atoms with Crippen LogP contribution in [-0.2, 0) is 6.42 Å². The molecule has 0 radical (unpaired) electrons. The van der Waals surface area contributed by atoms with Crippen molar-refractivity contribution in [3.63, 3.8) is 0 Å². The van der Waals surface area contributed by atoms with Crippen molar-refractivity contribution in [1.29, 1.82) is 0 Å². The van der Waals surface area contributed by atoms with E-state index < -0.39 is 0 Å². The Morgan fingerprint density at radius 3 is 2.53 bits per heavy atom. The first-order valence-corrected chi connectivity index (χ1v) is 5.31. The van der Waals surface area contributed by atoms with E-state index in [-0.39, 0.29) is 6.10 Å². The van der Waals surface area contributed by atoms with Crippen LogP contribution in [0.1, 0.15) is 5.56 Å². The fourth-order valence-electron chi connectivity index (χ4n) is 1.80. The average molecular weight is 207 g/mol. The van der Waals surface area contributed by atoms with Crippen LogP contribution >= 0.6 is 0 Å². The lowest BCUT2D eigenvalue weighted by molar-refractivity contribution is 0.00310. The van der Waals surface area contributed by atoms with Crippen LogP contribution in [0.2, 0.25) is 0 Å². The molecule has 15 heavy (non-hydrogen) atoms. The summed E-state index contributed by atoms with van der Waals surface area (Å²) in [6.07, 6.45) is 0.942. The lowest BCUT2D eigenvalue weighted by Crippen LogP contribution is -2.51. The number of hydrogen-bond acceptors (Lipinski definition) is 3. The molecule has 1 N–H and O–H groups in total. The van der Waals surface area contributed by atoms with Gasteiger partial charge in [0.15, 0.2) is 0 Å². The Kier molecular flexibility index (Phi) is 3.23. The normalized spacial score (nSPS) is 17.5. The molecule has 3 heteroatoms. The van der Waals surface area contributed by atoms with Gasteiger partial charge in [0.1, 0.15) is 5.75 Å². The number of aliphatic hydroxyl groups excluding tert-OH is 1. The van der Waals surface area contributed by atoms with Gasteiger partial charge in [0, 0.05) is 19.6 Å². The highest BCUT2D eigenvalue weighted by atomic mass is 16.5. The molecule has 0 saturated carbocycles. The summed E-state index contributed by atoms with van der Waals surface area (Å²) in [6, 6.07) is 8.16. The summed E-state index contributed by atoms with van der Waals surface area (Å²) in [5.41, 5.74) is 1.32. The first-order valence-electron chi connectivity index (χ1n) is 5.31. The smallest absolute Gasteiger partial charge is 0.118 e. The molecule has 0 bridgehead atoms. The van der Waals surface area contributed by atoms with Gasteiger partial charge in [-0.3, -0.25) is 4.90 Å². The Bertz CT molecular complexity index is 304. The van der Waals surface area contributed by atoms with Gasteiger partial charge in [0.05, 0.1) is 13.2 Å². The van der Waals surface area contributed by atoms with Crippen molar-refractivity contribution in [1.82, 2.24) is 4.90 Å². The second-order valence-electron chi connectivity index (χ2n) is 4.01. The molecular formula is C12H17NO2. The maximum absolute atomic E-state index is 9.13. The summed E-state index contributed by atoms with van der Waals surface area (Å²) >= 11 is 0. The Hall–Kier alpha value is -1.06. The predicted octanol–water partition coefficient (Wildman–Crippen LogP) is 0.914. The molecule has 3 nitrogen and oxygen atoms in total. The molecule has 0 atom stereocenters. The largest absolute Gasteiger partial charge is 0.497 e. The van der Waals surface area contributed by atoms with Crippen LogP contribution in [0.15, 0.2) is 24.3 Å². The SMILES string of the molecule is COc1ccc(CCN2CC(O)C2)cc1. The zero-order chi connectivity index (χ0) is 10.7. The van der Waals surface area contributed by atoms with E-state index in [2.05, 4.69) is 17.0 Å². The quantitative estimate of drug-likeness (QED) is 0.796.